The van der Waals surface area contributed by atoms with Crippen LogP contribution in [0.15, 0.2) is 89.8 Å². The normalized spacial score (nSPS) is 19.0. The van der Waals surface area contributed by atoms with Gasteiger partial charge >= 0.3 is 0 Å². The summed E-state index contributed by atoms with van der Waals surface area (Å²) in [5.74, 6) is -0.376. The Labute approximate surface area is 196 Å². The van der Waals surface area contributed by atoms with Crippen molar-refractivity contribution in [3.05, 3.63) is 107 Å². The molecule has 5 rings (SSSR count). The Morgan fingerprint density at radius 1 is 0.844 bits per heavy atom. The minimum atomic E-state index is -0.214. The van der Waals surface area contributed by atoms with E-state index in [0.717, 1.165) is 22.4 Å². The zero-order chi connectivity index (χ0) is 22.2. The molecule has 6 heteroatoms. The number of benzene rings is 3. The van der Waals surface area contributed by atoms with Gasteiger partial charge in [-0.05, 0) is 24.1 Å². The third-order valence-corrected chi connectivity index (χ3v) is 7.20. The number of carbonyl (C=O) groups excluding carboxylic acids is 2. The van der Waals surface area contributed by atoms with Crippen LogP contribution in [0.3, 0.4) is 0 Å². The molecule has 158 valence electrons. The average Bonchev–Trinajstić information content (AvgIpc) is 3.26. The molecule has 0 aliphatic carbocycles. The zero-order valence-corrected chi connectivity index (χ0v) is 19.0. The molecule has 1 fully saturated rings. The fourth-order valence-electron chi connectivity index (χ4n) is 4.17. The van der Waals surface area contributed by atoms with E-state index in [-0.39, 0.29) is 17.9 Å². The van der Waals surface area contributed by atoms with Crippen molar-refractivity contribution in [1.29, 1.82) is 0 Å². The molecule has 1 atom stereocenters. The van der Waals surface area contributed by atoms with E-state index in [1.165, 1.54) is 11.8 Å². The quantitative estimate of drug-likeness (QED) is 0.380. The molecule has 0 saturated carbocycles. The van der Waals surface area contributed by atoms with Gasteiger partial charge in [0.05, 0.1) is 28.8 Å². The lowest BCUT2D eigenvalue weighted by Gasteiger charge is -2.23. The minimum absolute atomic E-state index is 0.164. The molecular formula is C26H20N2O2S2. The van der Waals surface area contributed by atoms with Crippen molar-refractivity contribution in [1.82, 2.24) is 4.90 Å². The summed E-state index contributed by atoms with van der Waals surface area (Å²) in [4.78, 5) is 30.9. The second-order valence-electron chi connectivity index (χ2n) is 7.73. The zero-order valence-electron chi connectivity index (χ0n) is 17.4. The van der Waals surface area contributed by atoms with Gasteiger partial charge < -0.3 is 4.90 Å². The highest BCUT2D eigenvalue weighted by Gasteiger charge is 2.43. The summed E-state index contributed by atoms with van der Waals surface area (Å²) in [7, 11) is 0. The number of hydrogen-bond donors (Lipinski definition) is 0. The lowest BCUT2D eigenvalue weighted by molar-refractivity contribution is -0.123. The third-order valence-electron chi connectivity index (χ3n) is 5.80. The SMILES string of the molecule is C[C@@H](c1ccccc1)N1C(=O)/C(=C2/C(=O)N(Cc3ccccc3)c3ccccc32)SC1=S. The average molecular weight is 457 g/mol. The number of hydrogen-bond acceptors (Lipinski definition) is 4. The molecule has 3 aromatic carbocycles. The minimum Gasteiger partial charge on any atom is -0.303 e. The number of fused-ring (bicyclic) bond motifs is 1. The van der Waals surface area contributed by atoms with Crippen molar-refractivity contribution >= 4 is 51.4 Å². The number of thiocarbonyl (C=S) groups is 1. The van der Waals surface area contributed by atoms with Crippen molar-refractivity contribution in [2.24, 2.45) is 0 Å². The molecule has 2 amide bonds. The van der Waals surface area contributed by atoms with Gasteiger partial charge in [-0.2, -0.15) is 0 Å². The maximum Gasteiger partial charge on any atom is 0.267 e. The van der Waals surface area contributed by atoms with Crippen LogP contribution in [0, 0.1) is 0 Å². The molecule has 0 bridgehead atoms. The summed E-state index contributed by atoms with van der Waals surface area (Å²) >= 11 is 6.80. The van der Waals surface area contributed by atoms with Crippen LogP contribution in [0.1, 0.15) is 29.7 Å². The fourth-order valence-corrected chi connectivity index (χ4v) is 5.66. The molecule has 0 aromatic heterocycles. The number of amides is 2. The highest BCUT2D eigenvalue weighted by atomic mass is 32.2. The van der Waals surface area contributed by atoms with Crippen LogP contribution in [0.5, 0.6) is 0 Å². The first-order chi connectivity index (χ1) is 15.6. The maximum absolute atomic E-state index is 13.6. The molecule has 32 heavy (non-hydrogen) atoms. The first-order valence-electron chi connectivity index (χ1n) is 10.4. The van der Waals surface area contributed by atoms with E-state index < -0.39 is 0 Å². The predicted molar refractivity (Wildman–Crippen MR) is 133 cm³/mol. The van der Waals surface area contributed by atoms with Gasteiger partial charge in [0, 0.05) is 5.56 Å². The Bertz CT molecular complexity index is 1260. The summed E-state index contributed by atoms with van der Waals surface area (Å²) in [5.41, 5.74) is 4.07. The van der Waals surface area contributed by atoms with Crippen LogP contribution in [0.25, 0.3) is 5.57 Å². The smallest absolute Gasteiger partial charge is 0.267 e. The summed E-state index contributed by atoms with van der Waals surface area (Å²) in [5, 5.41) is 0. The highest BCUT2D eigenvalue weighted by molar-refractivity contribution is 8.26. The molecule has 2 aliphatic rings. The molecule has 4 nitrogen and oxygen atoms in total. The Balaban J connectivity index is 1.55. The van der Waals surface area contributed by atoms with Gasteiger partial charge in [0.2, 0.25) is 0 Å². The van der Waals surface area contributed by atoms with E-state index >= 15 is 0 Å². The number of para-hydroxylation sites is 1. The van der Waals surface area contributed by atoms with Crippen LogP contribution >= 0.6 is 24.0 Å². The van der Waals surface area contributed by atoms with E-state index in [0.29, 0.717) is 21.3 Å². The first kappa shape index (κ1) is 20.7. The molecule has 0 unspecified atom stereocenters. The van der Waals surface area contributed by atoms with Crippen LogP contribution in [-0.4, -0.2) is 21.0 Å². The lowest BCUT2D eigenvalue weighted by atomic mass is 10.1. The van der Waals surface area contributed by atoms with E-state index in [4.69, 9.17) is 12.2 Å². The molecule has 2 aliphatic heterocycles. The number of nitrogens with zero attached hydrogens (tertiary/aromatic N) is 2. The Morgan fingerprint density at radius 2 is 1.47 bits per heavy atom. The maximum atomic E-state index is 13.6. The standard InChI is InChI=1S/C26H20N2O2S2/c1-17(19-12-6-3-7-13-19)28-25(30)23(32-26(28)31)22-20-14-8-9-15-21(20)27(24(22)29)16-18-10-4-2-5-11-18/h2-15,17H,16H2,1H3/b23-22-/t17-/m0/s1. The topological polar surface area (TPSA) is 40.6 Å². The van der Waals surface area contributed by atoms with Gasteiger partial charge in [0.15, 0.2) is 0 Å². The molecule has 1 saturated heterocycles. The van der Waals surface area contributed by atoms with Crippen LogP contribution in [0.2, 0.25) is 0 Å². The van der Waals surface area contributed by atoms with Crippen molar-refractivity contribution in [2.45, 2.75) is 19.5 Å². The van der Waals surface area contributed by atoms with E-state index in [2.05, 4.69) is 0 Å². The van der Waals surface area contributed by atoms with Gasteiger partial charge in [0.1, 0.15) is 4.32 Å². The Hall–Kier alpha value is -3.22. The van der Waals surface area contributed by atoms with E-state index in [9.17, 15) is 9.59 Å². The summed E-state index contributed by atoms with van der Waals surface area (Å²) in [6.45, 7) is 2.40. The fraction of sp³-hybridized carbons (Fsp3) is 0.115. The van der Waals surface area contributed by atoms with Crippen molar-refractivity contribution in [3.63, 3.8) is 0 Å². The molecule has 0 radical (unpaired) electrons. The molecule has 3 aromatic rings. The van der Waals surface area contributed by atoms with Gasteiger partial charge in [-0.25, -0.2) is 0 Å². The van der Waals surface area contributed by atoms with Gasteiger partial charge in [-0.3, -0.25) is 14.5 Å². The Morgan fingerprint density at radius 3 is 2.19 bits per heavy atom. The predicted octanol–water partition coefficient (Wildman–Crippen LogP) is 5.57. The second kappa shape index (κ2) is 8.37. The van der Waals surface area contributed by atoms with E-state index in [1.807, 2.05) is 91.9 Å². The molecule has 2 heterocycles. The van der Waals surface area contributed by atoms with Gasteiger partial charge in [-0.15, -0.1) is 0 Å². The number of thioether (sulfide) groups is 1. The summed E-state index contributed by atoms with van der Waals surface area (Å²) in [6.07, 6.45) is 0. The largest absolute Gasteiger partial charge is 0.303 e. The summed E-state index contributed by atoms with van der Waals surface area (Å²) in [6, 6.07) is 27.1. The van der Waals surface area contributed by atoms with Gasteiger partial charge in [0.25, 0.3) is 11.8 Å². The van der Waals surface area contributed by atoms with Crippen molar-refractivity contribution in [3.8, 4) is 0 Å². The molecular weight excluding hydrogens is 436 g/mol. The van der Waals surface area contributed by atoms with E-state index in [1.54, 1.807) is 9.80 Å². The molecule has 0 N–H and O–H groups in total. The van der Waals surface area contributed by atoms with Crippen LogP contribution in [0.4, 0.5) is 5.69 Å². The van der Waals surface area contributed by atoms with Crippen molar-refractivity contribution in [2.75, 3.05) is 4.90 Å². The van der Waals surface area contributed by atoms with Gasteiger partial charge in [-0.1, -0.05) is 103 Å². The first-order valence-corrected chi connectivity index (χ1v) is 11.6. The highest BCUT2D eigenvalue weighted by Crippen LogP contribution is 2.46. The summed E-state index contributed by atoms with van der Waals surface area (Å²) < 4.78 is 0.473. The monoisotopic (exact) mass is 456 g/mol. The second-order valence-corrected chi connectivity index (χ2v) is 9.37. The van der Waals surface area contributed by atoms with Crippen molar-refractivity contribution < 1.29 is 9.59 Å². The number of carbonyl (C=O) groups is 2. The van der Waals surface area contributed by atoms with Crippen LogP contribution in [-0.2, 0) is 16.1 Å². The molecule has 0 spiro atoms. The number of rotatable bonds is 4. The van der Waals surface area contributed by atoms with Crippen LogP contribution < -0.4 is 4.90 Å². The Kier molecular flexibility index (Phi) is 5.41. The number of anilines is 1. The lowest BCUT2D eigenvalue weighted by Crippen LogP contribution is -2.31. The third kappa shape index (κ3) is 3.45.